The average Bonchev–Trinajstić information content (AvgIpc) is 3.26. The van der Waals surface area contributed by atoms with Crippen LogP contribution in [0.5, 0.6) is 0 Å². The Hall–Kier alpha value is -2.47. The Labute approximate surface area is 144 Å². The quantitative estimate of drug-likeness (QED) is 0.714. The number of nitrogens with one attached hydrogen (secondary N) is 1. The first-order valence-corrected chi connectivity index (χ1v) is 8.83. The normalized spacial score (nSPS) is 12.0. The van der Waals surface area contributed by atoms with Crippen LogP contribution in [-0.4, -0.2) is 16.0 Å². The van der Waals surface area contributed by atoms with E-state index in [4.69, 9.17) is 4.52 Å². The van der Waals surface area contributed by atoms with E-state index in [9.17, 15) is 4.79 Å². The van der Waals surface area contributed by atoms with Gasteiger partial charge in [-0.3, -0.25) is 4.79 Å². The number of nitrogens with zero attached hydrogens (tertiary/aromatic N) is 2. The molecule has 1 aromatic carbocycles. The fourth-order valence-corrected chi connectivity index (χ4v) is 3.13. The molecule has 124 valence electrons. The molecular formula is C18H19N3O2S. The Morgan fingerprint density at radius 3 is 2.79 bits per heavy atom. The van der Waals surface area contributed by atoms with Gasteiger partial charge in [0.05, 0.1) is 6.42 Å². The van der Waals surface area contributed by atoms with Gasteiger partial charge in [-0.25, -0.2) is 0 Å². The molecule has 0 radical (unpaired) electrons. The Balaban J connectivity index is 1.80. The first-order valence-electron chi connectivity index (χ1n) is 7.95. The molecular weight excluding hydrogens is 322 g/mol. The van der Waals surface area contributed by atoms with Crippen molar-refractivity contribution in [2.45, 2.75) is 32.2 Å². The first-order chi connectivity index (χ1) is 11.8. The Kier molecular flexibility index (Phi) is 5.38. The van der Waals surface area contributed by atoms with E-state index in [2.05, 4.69) is 22.4 Å². The van der Waals surface area contributed by atoms with Crippen LogP contribution in [0.1, 0.15) is 41.5 Å². The average molecular weight is 341 g/mol. The predicted molar refractivity (Wildman–Crippen MR) is 92.7 cm³/mol. The molecule has 1 amide bonds. The smallest absolute Gasteiger partial charge is 0.226 e. The number of carbonyl (C=O) groups is 1. The molecule has 0 spiro atoms. The van der Waals surface area contributed by atoms with Crippen LogP contribution in [0.2, 0.25) is 0 Å². The van der Waals surface area contributed by atoms with Crippen LogP contribution in [0.4, 0.5) is 0 Å². The third-order valence-corrected chi connectivity index (χ3v) is 4.44. The third kappa shape index (κ3) is 4.08. The molecule has 3 aromatic rings. The fourth-order valence-electron chi connectivity index (χ4n) is 2.43. The van der Waals surface area contributed by atoms with E-state index in [-0.39, 0.29) is 5.91 Å². The highest BCUT2D eigenvalue weighted by Crippen LogP contribution is 2.20. The van der Waals surface area contributed by atoms with E-state index in [1.54, 1.807) is 11.3 Å². The number of amides is 1. The molecule has 1 atom stereocenters. The summed E-state index contributed by atoms with van der Waals surface area (Å²) >= 11 is 1.57. The fraction of sp³-hybridized carbons (Fsp3) is 0.278. The number of thiophene rings is 1. The van der Waals surface area contributed by atoms with Gasteiger partial charge in [0.1, 0.15) is 6.04 Å². The van der Waals surface area contributed by atoms with Gasteiger partial charge < -0.3 is 9.84 Å². The Bertz CT molecular complexity index is 769. The van der Waals surface area contributed by atoms with Crippen LogP contribution < -0.4 is 5.32 Å². The number of carbonyl (C=O) groups excluding carboxylic acids is 1. The summed E-state index contributed by atoms with van der Waals surface area (Å²) in [6.07, 6.45) is 2.01. The summed E-state index contributed by atoms with van der Waals surface area (Å²) in [4.78, 5) is 17.9. The highest BCUT2D eigenvalue weighted by Gasteiger charge is 2.22. The zero-order valence-electron chi connectivity index (χ0n) is 13.4. The van der Waals surface area contributed by atoms with Crippen LogP contribution in [0.25, 0.3) is 0 Å². The maximum atomic E-state index is 12.4. The van der Waals surface area contributed by atoms with Crippen molar-refractivity contribution in [1.29, 1.82) is 0 Å². The third-order valence-electron chi connectivity index (χ3n) is 3.56. The maximum Gasteiger partial charge on any atom is 0.226 e. The lowest BCUT2D eigenvalue weighted by Crippen LogP contribution is -2.31. The van der Waals surface area contributed by atoms with Gasteiger partial charge in [-0.2, -0.15) is 4.98 Å². The molecule has 24 heavy (non-hydrogen) atoms. The summed E-state index contributed by atoms with van der Waals surface area (Å²) < 4.78 is 5.28. The second kappa shape index (κ2) is 7.88. The van der Waals surface area contributed by atoms with Crippen LogP contribution in [0.3, 0.4) is 0 Å². The molecule has 2 heterocycles. The minimum absolute atomic E-state index is 0.0619. The lowest BCUT2D eigenvalue weighted by atomic mass is 10.1. The summed E-state index contributed by atoms with van der Waals surface area (Å²) in [6, 6.07) is 13.2. The van der Waals surface area contributed by atoms with Crippen molar-refractivity contribution >= 4 is 17.2 Å². The largest absolute Gasteiger partial charge is 0.342 e. The Morgan fingerprint density at radius 1 is 1.25 bits per heavy atom. The zero-order chi connectivity index (χ0) is 16.8. The summed E-state index contributed by atoms with van der Waals surface area (Å²) in [5.74, 6) is 1.03. The van der Waals surface area contributed by atoms with Crippen molar-refractivity contribution in [2.24, 2.45) is 0 Å². The highest BCUT2D eigenvalue weighted by molar-refractivity contribution is 7.10. The van der Waals surface area contributed by atoms with Gasteiger partial charge in [-0.1, -0.05) is 48.5 Å². The predicted octanol–water partition coefficient (Wildman–Crippen LogP) is 3.53. The van der Waals surface area contributed by atoms with E-state index >= 15 is 0 Å². The lowest BCUT2D eigenvalue weighted by molar-refractivity contribution is -0.120. The number of rotatable bonds is 7. The Morgan fingerprint density at radius 2 is 2.08 bits per heavy atom. The van der Waals surface area contributed by atoms with Gasteiger partial charge in [0.15, 0.2) is 5.82 Å². The number of benzene rings is 1. The summed E-state index contributed by atoms with van der Waals surface area (Å²) in [7, 11) is 0. The second-order valence-electron chi connectivity index (χ2n) is 5.46. The van der Waals surface area contributed by atoms with Crippen molar-refractivity contribution in [3.8, 4) is 0 Å². The molecule has 6 heteroatoms. The van der Waals surface area contributed by atoms with Gasteiger partial charge in [-0.05, 0) is 23.4 Å². The maximum absolute atomic E-state index is 12.4. The molecule has 0 unspecified atom stereocenters. The molecule has 5 nitrogen and oxygen atoms in total. The molecule has 0 fully saturated rings. The molecule has 0 bridgehead atoms. The van der Waals surface area contributed by atoms with Gasteiger partial charge in [0.2, 0.25) is 11.8 Å². The molecule has 0 saturated heterocycles. The minimum Gasteiger partial charge on any atom is -0.342 e. The molecule has 0 aliphatic rings. The van der Waals surface area contributed by atoms with Crippen LogP contribution >= 0.6 is 11.3 Å². The van der Waals surface area contributed by atoms with Crippen molar-refractivity contribution < 1.29 is 9.32 Å². The van der Waals surface area contributed by atoms with Crippen LogP contribution in [0, 0.1) is 0 Å². The van der Waals surface area contributed by atoms with Crippen molar-refractivity contribution in [2.75, 3.05) is 0 Å². The number of hydrogen-bond acceptors (Lipinski definition) is 5. The molecule has 1 N–H and O–H groups in total. The zero-order valence-corrected chi connectivity index (χ0v) is 14.3. The molecule has 3 rings (SSSR count). The number of aromatic nitrogens is 2. The van der Waals surface area contributed by atoms with Crippen molar-refractivity contribution in [3.05, 3.63) is 70.0 Å². The van der Waals surface area contributed by atoms with Crippen LogP contribution in [-0.2, 0) is 17.6 Å². The van der Waals surface area contributed by atoms with E-state index in [1.807, 2.05) is 47.8 Å². The lowest BCUT2D eigenvalue weighted by Gasteiger charge is -2.15. The van der Waals surface area contributed by atoms with E-state index in [0.29, 0.717) is 18.1 Å². The summed E-state index contributed by atoms with van der Waals surface area (Å²) in [6.45, 7) is 2.06. The molecule has 2 aromatic heterocycles. The first kappa shape index (κ1) is 16.4. The second-order valence-corrected chi connectivity index (χ2v) is 6.50. The van der Waals surface area contributed by atoms with Gasteiger partial charge in [0.25, 0.3) is 0 Å². The molecule has 0 saturated carbocycles. The molecule has 0 aliphatic carbocycles. The van der Waals surface area contributed by atoms with Gasteiger partial charge in [-0.15, -0.1) is 11.3 Å². The van der Waals surface area contributed by atoms with Crippen LogP contribution in [0.15, 0.2) is 52.4 Å². The summed E-state index contributed by atoms with van der Waals surface area (Å²) in [5.41, 5.74) is 0.931. The number of aryl methyl sites for hydroxylation is 1. The van der Waals surface area contributed by atoms with E-state index in [0.717, 1.165) is 23.3 Å². The number of hydrogen-bond donors (Lipinski definition) is 1. The topological polar surface area (TPSA) is 68.0 Å². The minimum atomic E-state index is -0.409. The monoisotopic (exact) mass is 341 g/mol. The highest BCUT2D eigenvalue weighted by atomic mass is 32.1. The SMILES string of the molecule is CCCc1nc([C@H](NC(=O)Cc2cccs2)c2ccccc2)no1. The van der Waals surface area contributed by atoms with E-state index in [1.165, 1.54) is 0 Å². The van der Waals surface area contributed by atoms with Crippen molar-refractivity contribution in [1.82, 2.24) is 15.5 Å². The standard InChI is InChI=1S/C18H19N3O2S/c1-2-7-16-20-18(21-23-16)17(13-8-4-3-5-9-13)19-15(22)12-14-10-6-11-24-14/h3-6,8-11,17H,2,7,12H2,1H3,(H,19,22)/t17-/m1/s1. The molecule has 0 aliphatic heterocycles. The van der Waals surface area contributed by atoms with Gasteiger partial charge in [0, 0.05) is 11.3 Å². The van der Waals surface area contributed by atoms with Gasteiger partial charge >= 0.3 is 0 Å². The van der Waals surface area contributed by atoms with Crippen molar-refractivity contribution in [3.63, 3.8) is 0 Å². The van der Waals surface area contributed by atoms with E-state index < -0.39 is 6.04 Å². The summed E-state index contributed by atoms with van der Waals surface area (Å²) in [5, 5.41) is 9.06.